The van der Waals surface area contributed by atoms with E-state index in [0.29, 0.717) is 35.6 Å². The summed E-state index contributed by atoms with van der Waals surface area (Å²) < 4.78 is 48.4. The van der Waals surface area contributed by atoms with E-state index in [9.17, 15) is 8.42 Å². The number of sulfonamides is 1. The maximum absolute atomic E-state index is 13.4. The van der Waals surface area contributed by atoms with E-state index in [4.69, 9.17) is 14.0 Å². The molecule has 0 unspecified atom stereocenters. The molecule has 0 spiro atoms. The van der Waals surface area contributed by atoms with Gasteiger partial charge in [0.25, 0.3) is 10.0 Å². The first-order valence-corrected chi connectivity index (χ1v) is 12.8. The number of hydrogen-bond acceptors (Lipinski definition) is 7. The van der Waals surface area contributed by atoms with Gasteiger partial charge >= 0.3 is 0 Å². The lowest BCUT2D eigenvalue weighted by molar-refractivity contribution is 0.291. The van der Waals surface area contributed by atoms with Crippen LogP contribution in [0.15, 0.2) is 46.1 Å². The van der Waals surface area contributed by atoms with Gasteiger partial charge in [0, 0.05) is 18.0 Å². The molecule has 0 saturated heterocycles. The highest BCUT2D eigenvalue weighted by Gasteiger charge is 2.29. The van der Waals surface area contributed by atoms with Crippen molar-refractivity contribution < 1.29 is 22.4 Å². The van der Waals surface area contributed by atoms with Crippen LogP contribution in [0.3, 0.4) is 0 Å². The molecule has 0 fully saturated rings. The minimum Gasteiger partial charge on any atom is -0.495 e. The summed E-state index contributed by atoms with van der Waals surface area (Å²) in [5.41, 5.74) is 4.66. The quantitative estimate of drug-likeness (QED) is 0.448. The van der Waals surface area contributed by atoms with Crippen molar-refractivity contribution in [3.63, 3.8) is 0 Å². The van der Waals surface area contributed by atoms with E-state index in [1.54, 1.807) is 12.3 Å². The number of aromatic nitrogens is 3. The predicted octanol–water partition coefficient (Wildman–Crippen LogP) is 3.70. The number of rotatable bonds is 6. The first-order valence-electron chi connectivity index (χ1n) is 11.3. The highest BCUT2D eigenvalue weighted by atomic mass is 32.2. The molecule has 3 heterocycles. The molecule has 0 amide bonds. The van der Waals surface area contributed by atoms with Crippen LogP contribution in [0.5, 0.6) is 11.5 Å². The minimum absolute atomic E-state index is 0.0943. The number of hydrogen-bond donors (Lipinski definition) is 1. The van der Waals surface area contributed by atoms with Gasteiger partial charge in [0.2, 0.25) is 0 Å². The Morgan fingerprint density at radius 2 is 2.00 bits per heavy atom. The molecule has 1 aliphatic carbocycles. The van der Waals surface area contributed by atoms with E-state index in [0.717, 1.165) is 54.4 Å². The second-order valence-corrected chi connectivity index (χ2v) is 10.3. The van der Waals surface area contributed by atoms with Crippen LogP contribution in [0.2, 0.25) is 0 Å². The van der Waals surface area contributed by atoms with Crippen molar-refractivity contribution in [1.29, 1.82) is 0 Å². The molecule has 9 nitrogen and oxygen atoms in total. The fourth-order valence-electron chi connectivity index (χ4n) is 4.93. The Bertz CT molecular complexity index is 1490. The molecular formula is C24H24N4O5S. The molecule has 1 aliphatic heterocycles. The number of methoxy groups -OCH3 is 1. The lowest BCUT2D eigenvalue weighted by Gasteiger charge is -2.21. The van der Waals surface area contributed by atoms with Crippen LogP contribution in [-0.4, -0.2) is 37.1 Å². The Labute approximate surface area is 196 Å². The summed E-state index contributed by atoms with van der Waals surface area (Å²) in [5, 5.41) is 8.90. The number of nitrogens with one attached hydrogen (secondary N) is 1. The lowest BCUT2D eigenvalue weighted by Crippen LogP contribution is -2.16. The van der Waals surface area contributed by atoms with Crippen molar-refractivity contribution in [1.82, 2.24) is 14.9 Å². The van der Waals surface area contributed by atoms with Gasteiger partial charge in [0.1, 0.15) is 21.8 Å². The van der Waals surface area contributed by atoms with E-state index in [1.807, 2.05) is 29.1 Å². The van der Waals surface area contributed by atoms with Crippen LogP contribution >= 0.6 is 0 Å². The van der Waals surface area contributed by atoms with E-state index in [-0.39, 0.29) is 10.7 Å². The largest absolute Gasteiger partial charge is 0.495 e. The van der Waals surface area contributed by atoms with Gasteiger partial charge in [0.15, 0.2) is 11.4 Å². The first-order chi connectivity index (χ1) is 16.5. The minimum atomic E-state index is -3.98. The fraction of sp³-hybridized carbons (Fsp3) is 0.333. The van der Waals surface area contributed by atoms with Gasteiger partial charge in [-0.15, -0.1) is 0 Å². The van der Waals surface area contributed by atoms with Crippen LogP contribution in [0.4, 0.5) is 5.82 Å². The van der Waals surface area contributed by atoms with E-state index in [2.05, 4.69) is 15.0 Å². The van der Waals surface area contributed by atoms with E-state index >= 15 is 0 Å². The average molecular weight is 481 g/mol. The molecular weight excluding hydrogens is 456 g/mol. The molecule has 0 bridgehead atoms. The van der Waals surface area contributed by atoms with Gasteiger partial charge in [-0.25, -0.2) is 8.42 Å². The SMILES string of the molecule is COc1cc2c(cc1S(=O)(=O)Nc1noc3cc(Cn4cccn4)c4c(c13)OCCC4)CCC2. The molecule has 176 valence electrons. The predicted molar refractivity (Wildman–Crippen MR) is 125 cm³/mol. The van der Waals surface area contributed by atoms with Crippen molar-refractivity contribution in [3.8, 4) is 11.5 Å². The van der Waals surface area contributed by atoms with Crippen molar-refractivity contribution in [2.45, 2.75) is 43.5 Å². The Morgan fingerprint density at radius 1 is 1.15 bits per heavy atom. The molecule has 10 heteroatoms. The standard InChI is InChI=1S/C24H24N4O5S/c1-31-19-11-15-5-2-6-16(15)13-21(19)34(29,30)27-24-22-20(33-26-24)12-17(14-28-9-4-8-25-28)18-7-3-10-32-23(18)22/h4,8-9,11-13H,2-3,5-7,10,14H2,1H3,(H,26,27). The van der Waals surface area contributed by atoms with Crippen LogP contribution in [0.1, 0.15) is 35.1 Å². The number of benzene rings is 2. The highest BCUT2D eigenvalue weighted by molar-refractivity contribution is 7.92. The van der Waals surface area contributed by atoms with Crippen LogP contribution in [-0.2, 0) is 35.8 Å². The molecule has 2 aliphatic rings. The Balaban J connectivity index is 1.43. The smallest absolute Gasteiger partial charge is 0.266 e. The summed E-state index contributed by atoms with van der Waals surface area (Å²) in [7, 11) is -2.51. The van der Waals surface area contributed by atoms with Crippen molar-refractivity contribution in [2.24, 2.45) is 0 Å². The third-order valence-electron chi connectivity index (χ3n) is 6.52. The molecule has 2 aromatic heterocycles. The zero-order valence-corrected chi connectivity index (χ0v) is 19.5. The van der Waals surface area contributed by atoms with Crippen molar-refractivity contribution in [2.75, 3.05) is 18.4 Å². The molecule has 0 saturated carbocycles. The van der Waals surface area contributed by atoms with Crippen LogP contribution in [0, 0.1) is 0 Å². The van der Waals surface area contributed by atoms with Gasteiger partial charge in [0.05, 0.1) is 20.3 Å². The number of aryl methyl sites for hydroxylation is 2. The van der Waals surface area contributed by atoms with E-state index < -0.39 is 10.0 Å². The molecule has 6 rings (SSSR count). The Morgan fingerprint density at radius 3 is 2.79 bits per heavy atom. The molecule has 4 aromatic rings. The summed E-state index contributed by atoms with van der Waals surface area (Å²) >= 11 is 0. The summed E-state index contributed by atoms with van der Waals surface area (Å²) in [4.78, 5) is 0.0943. The normalized spacial score (nSPS) is 15.1. The maximum atomic E-state index is 13.4. The van der Waals surface area contributed by atoms with Gasteiger partial charge in [-0.3, -0.25) is 9.40 Å². The fourth-order valence-corrected chi connectivity index (χ4v) is 6.14. The summed E-state index contributed by atoms with van der Waals surface area (Å²) in [5.74, 6) is 1.05. The van der Waals surface area contributed by atoms with Gasteiger partial charge in [-0.2, -0.15) is 5.10 Å². The molecule has 0 atom stereocenters. The van der Waals surface area contributed by atoms with Gasteiger partial charge in [-0.1, -0.05) is 5.16 Å². The highest BCUT2D eigenvalue weighted by Crippen LogP contribution is 2.41. The molecule has 34 heavy (non-hydrogen) atoms. The number of nitrogens with zero attached hydrogens (tertiary/aromatic N) is 3. The summed E-state index contributed by atoms with van der Waals surface area (Å²) in [6.45, 7) is 1.10. The lowest BCUT2D eigenvalue weighted by atomic mass is 9.97. The van der Waals surface area contributed by atoms with Gasteiger partial charge in [-0.05, 0) is 73.1 Å². The first kappa shape index (κ1) is 21.0. The van der Waals surface area contributed by atoms with Crippen molar-refractivity contribution in [3.05, 3.63) is 58.9 Å². The maximum Gasteiger partial charge on any atom is 0.266 e. The van der Waals surface area contributed by atoms with Crippen LogP contribution < -0.4 is 14.2 Å². The average Bonchev–Trinajstić information content (AvgIpc) is 3.59. The number of ether oxygens (including phenoxy) is 2. The Kier molecular flexibility index (Phi) is 4.98. The van der Waals surface area contributed by atoms with Crippen molar-refractivity contribution >= 4 is 26.8 Å². The molecule has 0 radical (unpaired) electrons. The third kappa shape index (κ3) is 3.49. The second-order valence-electron chi connectivity index (χ2n) is 8.63. The van der Waals surface area contributed by atoms with E-state index in [1.165, 1.54) is 7.11 Å². The third-order valence-corrected chi connectivity index (χ3v) is 7.88. The van der Waals surface area contributed by atoms with Gasteiger partial charge < -0.3 is 14.0 Å². The summed E-state index contributed by atoms with van der Waals surface area (Å²) in [6, 6.07) is 7.30. The molecule has 2 aromatic carbocycles. The number of fused-ring (bicyclic) bond motifs is 4. The number of anilines is 1. The topological polar surface area (TPSA) is 108 Å². The summed E-state index contributed by atoms with van der Waals surface area (Å²) in [6.07, 6.45) is 8.11. The van der Waals surface area contributed by atoms with Crippen LogP contribution in [0.25, 0.3) is 11.0 Å². The molecule has 1 N–H and O–H groups in total. The Hall–Kier alpha value is -3.53. The zero-order chi connectivity index (χ0) is 23.3. The zero-order valence-electron chi connectivity index (χ0n) is 18.7. The second kappa shape index (κ2) is 8.05. The monoisotopic (exact) mass is 480 g/mol.